The smallest absolute Gasteiger partial charge is 0.326 e. The van der Waals surface area contributed by atoms with Crippen molar-refractivity contribution in [1.29, 1.82) is 0 Å². The van der Waals surface area contributed by atoms with E-state index in [4.69, 9.17) is 4.74 Å². The number of carbonyl (C=O) groups is 2. The lowest BCUT2D eigenvalue weighted by Crippen LogP contribution is -2.24. The van der Waals surface area contributed by atoms with Gasteiger partial charge in [-0.1, -0.05) is 25.2 Å². The van der Waals surface area contributed by atoms with E-state index in [9.17, 15) is 18.4 Å². The van der Waals surface area contributed by atoms with Gasteiger partial charge in [-0.15, -0.1) is 0 Å². The predicted octanol–water partition coefficient (Wildman–Crippen LogP) is 2.63. The lowest BCUT2D eigenvalue weighted by atomic mass is 10.2. The quantitative estimate of drug-likeness (QED) is 0.803. The van der Waals surface area contributed by atoms with E-state index in [1.807, 2.05) is 0 Å². The van der Waals surface area contributed by atoms with Crippen molar-refractivity contribution in [1.82, 2.24) is 4.57 Å². The Balaban J connectivity index is 2.67. The molecule has 0 unspecified atom stereocenters. The molecular formula is C15H16F2N2O3S. The third kappa shape index (κ3) is 3.82. The van der Waals surface area contributed by atoms with Crippen LogP contribution in [0.5, 0.6) is 0 Å². The van der Waals surface area contributed by atoms with E-state index in [2.05, 4.69) is 4.99 Å². The van der Waals surface area contributed by atoms with Gasteiger partial charge in [-0.05, 0) is 13.0 Å². The number of benzene rings is 1. The van der Waals surface area contributed by atoms with Crippen LogP contribution in [0.15, 0.2) is 17.1 Å². The van der Waals surface area contributed by atoms with Crippen LogP contribution in [-0.4, -0.2) is 23.1 Å². The number of hydrogen-bond acceptors (Lipinski definition) is 4. The number of hydrogen-bond donors (Lipinski definition) is 0. The summed E-state index contributed by atoms with van der Waals surface area (Å²) < 4.78 is 33.9. The largest absolute Gasteiger partial charge is 0.465 e. The fraction of sp³-hybridized carbons (Fsp3) is 0.400. The number of thiazole rings is 1. The Morgan fingerprint density at radius 3 is 2.65 bits per heavy atom. The third-order valence-electron chi connectivity index (χ3n) is 2.99. The number of halogens is 2. The number of nitrogens with zero attached hydrogens (tertiary/aromatic N) is 2. The Morgan fingerprint density at radius 1 is 1.35 bits per heavy atom. The summed E-state index contributed by atoms with van der Waals surface area (Å²) in [5, 5.41) is 0. The van der Waals surface area contributed by atoms with Crippen LogP contribution in [0.3, 0.4) is 0 Å². The average Bonchev–Trinajstić information content (AvgIpc) is 2.76. The molecule has 8 heteroatoms. The highest BCUT2D eigenvalue weighted by Gasteiger charge is 2.17. The molecule has 0 N–H and O–H groups in total. The minimum Gasteiger partial charge on any atom is -0.465 e. The first-order chi connectivity index (χ1) is 10.8. The van der Waals surface area contributed by atoms with E-state index < -0.39 is 23.5 Å². The molecule has 0 aliphatic heterocycles. The summed E-state index contributed by atoms with van der Waals surface area (Å²) in [6.07, 6.45) is 0. The summed E-state index contributed by atoms with van der Waals surface area (Å²) in [6, 6.07) is 1.87. The van der Waals surface area contributed by atoms with Gasteiger partial charge in [-0.3, -0.25) is 9.59 Å². The van der Waals surface area contributed by atoms with Crippen LogP contribution in [0, 0.1) is 17.6 Å². The van der Waals surface area contributed by atoms with Gasteiger partial charge in [-0.25, -0.2) is 8.78 Å². The topological polar surface area (TPSA) is 60.7 Å². The molecule has 1 aromatic heterocycles. The monoisotopic (exact) mass is 342 g/mol. The Bertz CT molecular complexity index is 824. The molecule has 2 aromatic rings. The zero-order valence-electron chi connectivity index (χ0n) is 12.9. The molecule has 0 aliphatic carbocycles. The molecule has 0 saturated carbocycles. The summed E-state index contributed by atoms with van der Waals surface area (Å²) in [7, 11) is 0. The van der Waals surface area contributed by atoms with Gasteiger partial charge in [0.2, 0.25) is 0 Å². The van der Waals surface area contributed by atoms with Crippen molar-refractivity contribution < 1.29 is 23.1 Å². The zero-order valence-corrected chi connectivity index (χ0v) is 13.7. The average molecular weight is 342 g/mol. The van der Waals surface area contributed by atoms with Crippen molar-refractivity contribution >= 4 is 33.4 Å². The Kier molecular flexibility index (Phi) is 5.25. The number of aromatic nitrogens is 1. The maximum absolute atomic E-state index is 14.1. The number of ether oxygens (including phenoxy) is 1. The molecule has 5 nitrogen and oxygen atoms in total. The van der Waals surface area contributed by atoms with Gasteiger partial charge in [0, 0.05) is 12.0 Å². The minimum atomic E-state index is -0.820. The third-order valence-corrected chi connectivity index (χ3v) is 4.01. The summed E-state index contributed by atoms with van der Waals surface area (Å²) in [6.45, 7) is 4.87. The van der Waals surface area contributed by atoms with Crippen molar-refractivity contribution in [2.45, 2.75) is 27.3 Å². The lowest BCUT2D eigenvalue weighted by Gasteiger charge is -2.06. The Hall–Kier alpha value is -2.09. The standard InChI is InChI=1S/C15H16F2N2O3S/c1-4-22-12(20)7-19-13-10(17)5-9(16)6-11(13)23-15(19)18-14(21)8(2)3/h5-6,8H,4,7H2,1-3H3. The van der Waals surface area contributed by atoms with E-state index in [0.29, 0.717) is 0 Å². The fourth-order valence-electron chi connectivity index (χ4n) is 1.92. The zero-order chi connectivity index (χ0) is 17.1. The summed E-state index contributed by atoms with van der Waals surface area (Å²) in [4.78, 5) is 27.7. The van der Waals surface area contributed by atoms with Crippen molar-refractivity contribution in [3.05, 3.63) is 28.6 Å². The van der Waals surface area contributed by atoms with Crippen molar-refractivity contribution in [2.24, 2.45) is 10.9 Å². The fourth-order valence-corrected chi connectivity index (χ4v) is 2.99. The predicted molar refractivity (Wildman–Crippen MR) is 81.8 cm³/mol. The molecule has 2 rings (SSSR count). The number of carbonyl (C=O) groups excluding carboxylic acids is 2. The maximum atomic E-state index is 14.1. The van der Waals surface area contributed by atoms with Crippen molar-refractivity contribution in [3.63, 3.8) is 0 Å². The van der Waals surface area contributed by atoms with Gasteiger partial charge in [0.25, 0.3) is 5.91 Å². The van der Waals surface area contributed by atoms with Gasteiger partial charge < -0.3 is 9.30 Å². The molecule has 0 aliphatic rings. The molecule has 0 bridgehead atoms. The van der Waals surface area contributed by atoms with Crippen LogP contribution in [-0.2, 0) is 20.9 Å². The SMILES string of the molecule is CCOC(=O)Cn1c(=NC(=O)C(C)C)sc2cc(F)cc(F)c21. The first-order valence-electron chi connectivity index (χ1n) is 7.06. The number of fused-ring (bicyclic) bond motifs is 1. The molecule has 1 aromatic carbocycles. The highest BCUT2D eigenvalue weighted by molar-refractivity contribution is 7.16. The second kappa shape index (κ2) is 6.99. The Morgan fingerprint density at radius 2 is 2.04 bits per heavy atom. The van der Waals surface area contributed by atoms with Crippen LogP contribution in [0.2, 0.25) is 0 Å². The van der Waals surface area contributed by atoms with E-state index in [1.54, 1.807) is 20.8 Å². The summed E-state index contributed by atoms with van der Waals surface area (Å²) in [5.74, 6) is -2.90. The van der Waals surface area contributed by atoms with E-state index in [0.717, 1.165) is 23.5 Å². The van der Waals surface area contributed by atoms with E-state index in [1.165, 1.54) is 4.57 Å². The highest BCUT2D eigenvalue weighted by atomic mass is 32.1. The normalized spacial score (nSPS) is 12.2. The molecule has 23 heavy (non-hydrogen) atoms. The molecule has 1 amide bonds. The molecule has 0 atom stereocenters. The van der Waals surface area contributed by atoms with Gasteiger partial charge in [-0.2, -0.15) is 4.99 Å². The molecule has 0 fully saturated rings. The first-order valence-corrected chi connectivity index (χ1v) is 7.87. The molecule has 0 radical (unpaired) electrons. The second-order valence-corrected chi connectivity index (χ2v) is 6.12. The maximum Gasteiger partial charge on any atom is 0.326 e. The van der Waals surface area contributed by atoms with Gasteiger partial charge in [0.05, 0.1) is 16.8 Å². The van der Waals surface area contributed by atoms with Crippen LogP contribution in [0.1, 0.15) is 20.8 Å². The molecule has 0 saturated heterocycles. The molecule has 124 valence electrons. The molecule has 1 heterocycles. The lowest BCUT2D eigenvalue weighted by molar-refractivity contribution is -0.143. The number of esters is 1. The van der Waals surface area contributed by atoms with Gasteiger partial charge in [0.15, 0.2) is 10.6 Å². The first kappa shape index (κ1) is 17.3. The number of amides is 1. The summed E-state index contributed by atoms with van der Waals surface area (Å²) >= 11 is 0.946. The highest BCUT2D eigenvalue weighted by Crippen LogP contribution is 2.22. The van der Waals surface area contributed by atoms with Gasteiger partial charge in [0.1, 0.15) is 12.4 Å². The molecular weight excluding hydrogens is 326 g/mol. The second-order valence-electron chi connectivity index (χ2n) is 5.11. The van der Waals surface area contributed by atoms with Gasteiger partial charge >= 0.3 is 5.97 Å². The summed E-state index contributed by atoms with van der Waals surface area (Å²) in [5.41, 5.74) is 0.0276. The Labute approximate surface area is 135 Å². The van der Waals surface area contributed by atoms with E-state index in [-0.39, 0.29) is 34.1 Å². The van der Waals surface area contributed by atoms with Crippen LogP contribution < -0.4 is 4.80 Å². The van der Waals surface area contributed by atoms with Crippen LogP contribution >= 0.6 is 11.3 Å². The van der Waals surface area contributed by atoms with E-state index >= 15 is 0 Å². The van der Waals surface area contributed by atoms with Crippen molar-refractivity contribution in [2.75, 3.05) is 6.61 Å². The van der Waals surface area contributed by atoms with Crippen molar-refractivity contribution in [3.8, 4) is 0 Å². The van der Waals surface area contributed by atoms with Crippen LogP contribution in [0.4, 0.5) is 8.78 Å². The molecule has 0 spiro atoms. The minimum absolute atomic E-state index is 0.0276. The number of rotatable bonds is 4. The van der Waals surface area contributed by atoms with Crippen LogP contribution in [0.25, 0.3) is 10.2 Å².